The Morgan fingerprint density at radius 3 is 1.50 bits per heavy atom. The fourth-order valence-electron chi connectivity index (χ4n) is 5.10. The molecule has 0 bridgehead atoms. The zero-order chi connectivity index (χ0) is 36.4. The second kappa shape index (κ2) is 41.0. The highest BCUT2D eigenvalue weighted by atomic mass is 16.6. The monoisotopic (exact) mass is 699 g/mol. The van der Waals surface area contributed by atoms with E-state index in [1.165, 1.54) is 77.0 Å². The van der Waals surface area contributed by atoms with Gasteiger partial charge in [0.1, 0.15) is 6.61 Å². The molecule has 0 fully saturated rings. The van der Waals surface area contributed by atoms with Gasteiger partial charge in [-0.25, -0.2) is 4.79 Å². The van der Waals surface area contributed by atoms with E-state index in [1.54, 1.807) is 0 Å². The lowest BCUT2D eigenvalue weighted by Crippen LogP contribution is -2.37. The van der Waals surface area contributed by atoms with Crippen LogP contribution < -0.4 is 5.32 Å². The maximum absolute atomic E-state index is 12.1. The van der Waals surface area contributed by atoms with Crippen molar-refractivity contribution in [2.24, 2.45) is 0 Å². The second-order valence-electron chi connectivity index (χ2n) is 13.3. The number of hydrogen-bond acceptors (Lipinski definition) is 5. The van der Waals surface area contributed by atoms with E-state index in [2.05, 4.69) is 92.1 Å². The van der Waals surface area contributed by atoms with E-state index in [0.29, 0.717) is 32.9 Å². The van der Waals surface area contributed by atoms with Crippen LogP contribution in [0.4, 0.5) is 4.79 Å². The SMILES string of the molecule is CCC=CCC=CCC=CCCCCCCCCOCC(CNC(=O)OCCN(C)C)OCCCCCCCCC=CCC=CCC=CCC. The highest BCUT2D eigenvalue weighted by Crippen LogP contribution is 2.10. The number of carbonyl (C=O) groups excluding carboxylic acids is 1. The average molecular weight is 699 g/mol. The van der Waals surface area contributed by atoms with Gasteiger partial charge in [0.25, 0.3) is 0 Å². The molecule has 6 nitrogen and oxygen atoms in total. The molecule has 1 N–H and O–H groups in total. The molecule has 0 aliphatic carbocycles. The van der Waals surface area contributed by atoms with E-state index in [4.69, 9.17) is 14.2 Å². The summed E-state index contributed by atoms with van der Waals surface area (Å²) in [4.78, 5) is 14.1. The third-order valence-corrected chi connectivity index (χ3v) is 8.14. The molecule has 0 aliphatic rings. The standard InChI is InChI=1S/C44H78N2O4/c1-5-7-9-11-13-15-17-19-21-23-25-27-29-31-33-35-38-48-42-43(41-45-44(47)50-40-37-46(3)4)49-39-36-34-32-30-28-26-24-22-20-18-16-14-12-10-8-6-2/h7-10,13-16,19-22,43H,5-6,11-12,17-18,23-42H2,1-4H3,(H,45,47). The van der Waals surface area contributed by atoms with Crippen LogP contribution in [0.2, 0.25) is 0 Å². The predicted molar refractivity (Wildman–Crippen MR) is 217 cm³/mol. The second-order valence-corrected chi connectivity index (χ2v) is 13.3. The molecule has 1 atom stereocenters. The number of nitrogens with one attached hydrogen (secondary N) is 1. The molecule has 0 spiro atoms. The normalized spacial score (nSPS) is 13.1. The number of unbranched alkanes of at least 4 members (excludes halogenated alkanes) is 12. The predicted octanol–water partition coefficient (Wildman–Crippen LogP) is 11.9. The first-order valence-electron chi connectivity index (χ1n) is 20.2. The van der Waals surface area contributed by atoms with Crippen molar-refractivity contribution >= 4 is 6.09 Å². The van der Waals surface area contributed by atoms with E-state index in [1.807, 2.05) is 19.0 Å². The number of hydrogen-bond donors (Lipinski definition) is 1. The molecule has 0 saturated heterocycles. The Labute approximate surface area is 309 Å². The molecule has 0 radical (unpaired) electrons. The molecule has 0 saturated carbocycles. The molecule has 0 aromatic rings. The largest absolute Gasteiger partial charge is 0.448 e. The van der Waals surface area contributed by atoms with E-state index < -0.39 is 6.09 Å². The van der Waals surface area contributed by atoms with Crippen LogP contribution in [0.5, 0.6) is 0 Å². The average Bonchev–Trinajstić information content (AvgIpc) is 3.10. The quantitative estimate of drug-likeness (QED) is 0.0521. The third kappa shape index (κ3) is 40.0. The number of ether oxygens (including phenoxy) is 3. The maximum Gasteiger partial charge on any atom is 0.407 e. The van der Waals surface area contributed by atoms with Crippen molar-refractivity contribution in [1.29, 1.82) is 0 Å². The van der Waals surface area contributed by atoms with Gasteiger partial charge in [-0.1, -0.05) is 138 Å². The number of allylic oxidation sites excluding steroid dienone is 12. The minimum Gasteiger partial charge on any atom is -0.448 e. The van der Waals surface area contributed by atoms with Gasteiger partial charge in [-0.2, -0.15) is 0 Å². The Bertz CT molecular complexity index is 890. The summed E-state index contributed by atoms with van der Waals surface area (Å²) in [5.41, 5.74) is 0. The van der Waals surface area contributed by atoms with Crippen molar-refractivity contribution in [3.8, 4) is 0 Å². The minimum atomic E-state index is -0.394. The highest BCUT2D eigenvalue weighted by Gasteiger charge is 2.12. The molecule has 0 rings (SSSR count). The summed E-state index contributed by atoms with van der Waals surface area (Å²) in [6.45, 7) is 7.74. The van der Waals surface area contributed by atoms with Gasteiger partial charge in [-0.3, -0.25) is 0 Å². The van der Waals surface area contributed by atoms with E-state index in [9.17, 15) is 4.79 Å². The molecule has 6 heteroatoms. The van der Waals surface area contributed by atoms with Crippen LogP contribution in [-0.2, 0) is 14.2 Å². The topological polar surface area (TPSA) is 60.0 Å². The molecule has 50 heavy (non-hydrogen) atoms. The van der Waals surface area contributed by atoms with Crippen molar-refractivity contribution in [1.82, 2.24) is 10.2 Å². The van der Waals surface area contributed by atoms with Gasteiger partial charge < -0.3 is 24.4 Å². The van der Waals surface area contributed by atoms with Crippen molar-refractivity contribution < 1.29 is 19.0 Å². The Morgan fingerprint density at radius 1 is 0.560 bits per heavy atom. The summed E-state index contributed by atoms with van der Waals surface area (Å²) in [6, 6.07) is 0. The van der Waals surface area contributed by atoms with Crippen LogP contribution in [0, 0.1) is 0 Å². The molecular formula is C44H78N2O4. The van der Waals surface area contributed by atoms with Gasteiger partial charge in [-0.15, -0.1) is 0 Å². The van der Waals surface area contributed by atoms with Gasteiger partial charge in [0.15, 0.2) is 0 Å². The lowest BCUT2D eigenvalue weighted by atomic mass is 10.1. The fraction of sp³-hybridized carbons (Fsp3) is 0.705. The van der Waals surface area contributed by atoms with E-state index >= 15 is 0 Å². The molecule has 1 amide bonds. The summed E-state index contributed by atoms with van der Waals surface area (Å²) < 4.78 is 17.4. The number of alkyl carbamates (subject to hydrolysis) is 1. The van der Waals surface area contributed by atoms with E-state index in [0.717, 1.165) is 58.0 Å². The Balaban J connectivity index is 4.02. The molecule has 1 unspecified atom stereocenters. The summed E-state index contributed by atoms with van der Waals surface area (Å²) in [5.74, 6) is 0. The minimum absolute atomic E-state index is 0.160. The smallest absolute Gasteiger partial charge is 0.407 e. The Kier molecular flexibility index (Phi) is 39.0. The fourth-order valence-corrected chi connectivity index (χ4v) is 5.10. The van der Waals surface area contributed by atoms with Crippen LogP contribution in [-0.4, -0.2) is 70.7 Å². The maximum atomic E-state index is 12.1. The number of nitrogens with zero attached hydrogens (tertiary/aromatic N) is 1. The van der Waals surface area contributed by atoms with Gasteiger partial charge in [0, 0.05) is 26.3 Å². The van der Waals surface area contributed by atoms with Crippen LogP contribution in [0.25, 0.3) is 0 Å². The van der Waals surface area contributed by atoms with Crippen LogP contribution >= 0.6 is 0 Å². The lowest BCUT2D eigenvalue weighted by Gasteiger charge is -2.19. The van der Waals surface area contributed by atoms with Crippen LogP contribution in [0.3, 0.4) is 0 Å². The van der Waals surface area contributed by atoms with Gasteiger partial charge in [0.05, 0.1) is 12.7 Å². The highest BCUT2D eigenvalue weighted by molar-refractivity contribution is 5.67. The van der Waals surface area contributed by atoms with Crippen molar-refractivity contribution in [2.45, 2.75) is 148 Å². The molecular weight excluding hydrogens is 620 g/mol. The molecule has 0 aromatic heterocycles. The molecule has 0 aromatic carbocycles. The first-order valence-corrected chi connectivity index (χ1v) is 20.2. The molecule has 288 valence electrons. The summed E-state index contributed by atoms with van der Waals surface area (Å²) in [7, 11) is 3.92. The van der Waals surface area contributed by atoms with Crippen LogP contribution in [0.15, 0.2) is 72.9 Å². The van der Waals surface area contributed by atoms with Gasteiger partial charge >= 0.3 is 6.09 Å². The van der Waals surface area contributed by atoms with Gasteiger partial charge in [0.2, 0.25) is 0 Å². The van der Waals surface area contributed by atoms with Crippen molar-refractivity contribution in [3.63, 3.8) is 0 Å². The lowest BCUT2D eigenvalue weighted by molar-refractivity contribution is -0.0175. The molecule has 0 heterocycles. The first-order chi connectivity index (χ1) is 24.6. The number of amides is 1. The summed E-state index contributed by atoms with van der Waals surface area (Å²) >= 11 is 0. The third-order valence-electron chi connectivity index (χ3n) is 8.14. The Morgan fingerprint density at radius 2 is 1.00 bits per heavy atom. The van der Waals surface area contributed by atoms with E-state index in [-0.39, 0.29) is 6.10 Å². The van der Waals surface area contributed by atoms with Crippen molar-refractivity contribution in [3.05, 3.63) is 72.9 Å². The van der Waals surface area contributed by atoms with Crippen LogP contribution in [0.1, 0.15) is 142 Å². The number of carbonyl (C=O) groups is 1. The Hall–Kier alpha value is -2.41. The first kappa shape index (κ1) is 47.6. The molecule has 0 aliphatic heterocycles. The zero-order valence-electron chi connectivity index (χ0n) is 33.0. The van der Waals surface area contributed by atoms with Crippen molar-refractivity contribution in [2.75, 3.05) is 53.6 Å². The zero-order valence-corrected chi connectivity index (χ0v) is 33.0. The number of rotatable bonds is 36. The summed E-state index contributed by atoms with van der Waals surface area (Å²) in [5, 5.41) is 2.87. The number of likely N-dealkylation sites (N-methyl/N-ethyl adjacent to an activating group) is 1. The van der Waals surface area contributed by atoms with Gasteiger partial charge in [-0.05, 0) is 91.1 Å². The summed E-state index contributed by atoms with van der Waals surface area (Å²) in [6.07, 6.45) is 49.9.